The summed E-state index contributed by atoms with van der Waals surface area (Å²) in [4.78, 5) is 0. The molecule has 0 spiro atoms. The van der Waals surface area contributed by atoms with Gasteiger partial charge in [0.1, 0.15) is 23.9 Å². The van der Waals surface area contributed by atoms with E-state index in [4.69, 9.17) is 20.4 Å². The lowest BCUT2D eigenvalue weighted by Gasteiger charge is -2.11. The monoisotopic (exact) mass is 290 g/mol. The van der Waals surface area contributed by atoms with Gasteiger partial charge in [0, 0.05) is 6.07 Å². The second kappa shape index (κ2) is 6.60. The van der Waals surface area contributed by atoms with Crippen LogP contribution >= 0.6 is 0 Å². The number of methoxy groups -OCH3 is 1. The first-order chi connectivity index (χ1) is 10.1. The summed E-state index contributed by atoms with van der Waals surface area (Å²) in [5, 5.41) is 11.6. The zero-order valence-corrected chi connectivity index (χ0v) is 11.4. The van der Waals surface area contributed by atoms with Gasteiger partial charge in [-0.1, -0.05) is 17.3 Å². The number of hydrogen-bond donors (Lipinski definition) is 2. The molecule has 2 aromatic rings. The van der Waals surface area contributed by atoms with Crippen LogP contribution in [0.4, 0.5) is 4.39 Å². The summed E-state index contributed by atoms with van der Waals surface area (Å²) >= 11 is 0. The van der Waals surface area contributed by atoms with Crippen LogP contribution in [0.3, 0.4) is 0 Å². The van der Waals surface area contributed by atoms with Gasteiger partial charge in [-0.2, -0.15) is 0 Å². The normalized spacial score (nSPS) is 11.2. The molecule has 0 atom stereocenters. The Morgan fingerprint density at radius 2 is 2.10 bits per heavy atom. The minimum absolute atomic E-state index is 0.0375. The Bertz CT molecular complexity index is 659. The molecule has 110 valence electrons. The fourth-order valence-electron chi connectivity index (χ4n) is 1.81. The van der Waals surface area contributed by atoms with Gasteiger partial charge in [0.25, 0.3) is 0 Å². The van der Waals surface area contributed by atoms with Crippen LogP contribution < -0.4 is 15.2 Å². The molecule has 0 heterocycles. The van der Waals surface area contributed by atoms with E-state index in [9.17, 15) is 4.39 Å². The standard InChI is InChI=1S/C15H15FN2O3/c1-20-14-7-10(5-6-13(14)15(17)18-19)9-21-12-4-2-3-11(16)8-12/h2-8,19H,9H2,1H3,(H2,17,18). The smallest absolute Gasteiger partial charge is 0.173 e. The van der Waals surface area contributed by atoms with E-state index in [1.165, 1.54) is 19.2 Å². The number of hydrogen-bond acceptors (Lipinski definition) is 4. The molecule has 6 heteroatoms. The minimum atomic E-state index is -0.354. The predicted molar refractivity (Wildman–Crippen MR) is 76.2 cm³/mol. The molecule has 5 nitrogen and oxygen atoms in total. The van der Waals surface area contributed by atoms with E-state index < -0.39 is 0 Å². The summed E-state index contributed by atoms with van der Waals surface area (Å²) in [5.74, 6) is 0.511. The molecule has 0 saturated heterocycles. The number of nitrogens with zero attached hydrogens (tertiary/aromatic N) is 1. The lowest BCUT2D eigenvalue weighted by atomic mass is 10.1. The lowest BCUT2D eigenvalue weighted by molar-refractivity contribution is 0.303. The molecule has 3 N–H and O–H groups in total. The Hall–Kier alpha value is -2.76. The van der Waals surface area contributed by atoms with E-state index in [0.717, 1.165) is 5.56 Å². The molecule has 0 aliphatic carbocycles. The number of ether oxygens (including phenoxy) is 2. The summed E-state index contributed by atoms with van der Waals surface area (Å²) in [5.41, 5.74) is 6.84. The zero-order chi connectivity index (χ0) is 15.2. The van der Waals surface area contributed by atoms with Crippen LogP contribution in [0, 0.1) is 5.82 Å². The van der Waals surface area contributed by atoms with E-state index in [1.807, 2.05) is 0 Å². The third-order valence-corrected chi connectivity index (χ3v) is 2.85. The van der Waals surface area contributed by atoms with E-state index in [1.54, 1.807) is 30.3 Å². The van der Waals surface area contributed by atoms with Gasteiger partial charge >= 0.3 is 0 Å². The maximum Gasteiger partial charge on any atom is 0.173 e. The van der Waals surface area contributed by atoms with Crippen molar-refractivity contribution in [2.45, 2.75) is 6.61 Å². The SMILES string of the molecule is COc1cc(COc2cccc(F)c2)ccc1/C(N)=N/O. The summed E-state index contributed by atoms with van der Waals surface area (Å²) < 4.78 is 23.7. The molecule has 0 saturated carbocycles. The van der Waals surface area contributed by atoms with E-state index in [0.29, 0.717) is 17.1 Å². The van der Waals surface area contributed by atoms with Crippen LogP contribution in [0.25, 0.3) is 0 Å². The molecule has 0 unspecified atom stereocenters. The number of nitrogens with two attached hydrogens (primary N) is 1. The summed E-state index contributed by atoms with van der Waals surface area (Å²) in [6, 6.07) is 11.0. The van der Waals surface area contributed by atoms with Crippen molar-refractivity contribution >= 4 is 5.84 Å². The van der Waals surface area contributed by atoms with Gasteiger partial charge in [-0.25, -0.2) is 4.39 Å². The molecule has 0 aliphatic heterocycles. The van der Waals surface area contributed by atoms with Crippen molar-refractivity contribution in [3.05, 3.63) is 59.4 Å². The number of oxime groups is 1. The first-order valence-corrected chi connectivity index (χ1v) is 6.17. The first-order valence-electron chi connectivity index (χ1n) is 6.17. The molecular formula is C15H15FN2O3. The quantitative estimate of drug-likeness (QED) is 0.384. The van der Waals surface area contributed by atoms with Gasteiger partial charge in [-0.05, 0) is 29.8 Å². The van der Waals surface area contributed by atoms with Gasteiger partial charge in [-0.3, -0.25) is 0 Å². The maximum atomic E-state index is 13.0. The Morgan fingerprint density at radius 3 is 2.76 bits per heavy atom. The van der Waals surface area contributed by atoms with Gasteiger partial charge in [0.05, 0.1) is 12.7 Å². The molecule has 2 rings (SSSR count). The highest BCUT2D eigenvalue weighted by Gasteiger charge is 2.09. The van der Waals surface area contributed by atoms with Gasteiger partial charge in [0.15, 0.2) is 5.84 Å². The second-order valence-electron chi connectivity index (χ2n) is 4.27. The van der Waals surface area contributed by atoms with Gasteiger partial charge < -0.3 is 20.4 Å². The van der Waals surface area contributed by atoms with Crippen molar-refractivity contribution < 1.29 is 19.1 Å². The summed E-state index contributed by atoms with van der Waals surface area (Å²) in [6.45, 7) is 0.246. The van der Waals surface area contributed by atoms with Crippen LogP contribution in [0.15, 0.2) is 47.6 Å². The van der Waals surface area contributed by atoms with Crippen molar-refractivity contribution in [3.8, 4) is 11.5 Å². The van der Waals surface area contributed by atoms with Crippen molar-refractivity contribution in [1.29, 1.82) is 0 Å². The molecule has 0 bridgehead atoms. The molecule has 2 aromatic carbocycles. The molecule has 0 aliphatic rings. The van der Waals surface area contributed by atoms with Crippen LogP contribution in [0.1, 0.15) is 11.1 Å². The van der Waals surface area contributed by atoms with E-state index >= 15 is 0 Å². The van der Waals surface area contributed by atoms with Crippen LogP contribution in [0.2, 0.25) is 0 Å². The van der Waals surface area contributed by atoms with Crippen molar-refractivity contribution in [1.82, 2.24) is 0 Å². The topological polar surface area (TPSA) is 77.1 Å². The average Bonchev–Trinajstić information content (AvgIpc) is 2.52. The third kappa shape index (κ3) is 3.62. The van der Waals surface area contributed by atoms with Crippen LogP contribution in [-0.2, 0) is 6.61 Å². The molecule has 21 heavy (non-hydrogen) atoms. The second-order valence-corrected chi connectivity index (χ2v) is 4.27. The molecule has 0 radical (unpaired) electrons. The highest BCUT2D eigenvalue weighted by molar-refractivity contribution is 5.99. The third-order valence-electron chi connectivity index (χ3n) is 2.85. The maximum absolute atomic E-state index is 13.0. The highest BCUT2D eigenvalue weighted by Crippen LogP contribution is 2.21. The molecular weight excluding hydrogens is 275 g/mol. The first kappa shape index (κ1) is 14.6. The number of benzene rings is 2. The minimum Gasteiger partial charge on any atom is -0.496 e. The molecule has 0 amide bonds. The van der Waals surface area contributed by atoms with Crippen LogP contribution in [-0.4, -0.2) is 18.2 Å². The number of halogens is 1. The van der Waals surface area contributed by atoms with Crippen molar-refractivity contribution in [3.63, 3.8) is 0 Å². The van der Waals surface area contributed by atoms with E-state index in [2.05, 4.69) is 5.16 Å². The van der Waals surface area contributed by atoms with Gasteiger partial charge in [0.2, 0.25) is 0 Å². The largest absolute Gasteiger partial charge is 0.496 e. The molecule has 0 fully saturated rings. The van der Waals surface area contributed by atoms with Crippen molar-refractivity contribution in [2.75, 3.05) is 7.11 Å². The lowest BCUT2D eigenvalue weighted by Crippen LogP contribution is -2.14. The Morgan fingerprint density at radius 1 is 1.29 bits per heavy atom. The Kier molecular flexibility index (Phi) is 4.61. The van der Waals surface area contributed by atoms with E-state index in [-0.39, 0.29) is 18.3 Å². The summed E-state index contributed by atoms with van der Waals surface area (Å²) in [7, 11) is 1.49. The fraction of sp³-hybridized carbons (Fsp3) is 0.133. The predicted octanol–water partition coefficient (Wildman–Crippen LogP) is 2.51. The number of amidine groups is 1. The van der Waals surface area contributed by atoms with Crippen LogP contribution in [0.5, 0.6) is 11.5 Å². The zero-order valence-electron chi connectivity index (χ0n) is 11.4. The average molecular weight is 290 g/mol. The number of rotatable bonds is 5. The van der Waals surface area contributed by atoms with Crippen molar-refractivity contribution in [2.24, 2.45) is 10.9 Å². The fourth-order valence-corrected chi connectivity index (χ4v) is 1.81. The van der Waals surface area contributed by atoms with Gasteiger partial charge in [-0.15, -0.1) is 0 Å². The highest BCUT2D eigenvalue weighted by atomic mass is 19.1. The molecule has 0 aromatic heterocycles. The Labute approximate surface area is 121 Å². The Balaban J connectivity index is 2.14. The summed E-state index contributed by atoms with van der Waals surface area (Å²) in [6.07, 6.45) is 0.